The van der Waals surface area contributed by atoms with Crippen molar-refractivity contribution in [3.8, 4) is 5.75 Å². The summed E-state index contributed by atoms with van der Waals surface area (Å²) in [5, 5.41) is 2.97. The van der Waals surface area contributed by atoms with Gasteiger partial charge in [0.2, 0.25) is 0 Å². The molecule has 1 rings (SSSR count). The van der Waals surface area contributed by atoms with Crippen LogP contribution in [0.15, 0.2) is 24.3 Å². The first kappa shape index (κ1) is 10.9. The van der Waals surface area contributed by atoms with Crippen LogP contribution in [-0.2, 0) is 0 Å². The highest BCUT2D eigenvalue weighted by molar-refractivity contribution is 5.35. The highest BCUT2D eigenvalue weighted by Crippen LogP contribution is 2.25. The molecule has 78 valence electrons. The quantitative estimate of drug-likeness (QED) is 0.808. The fraction of sp³-hybridized carbons (Fsp3) is 0.400. The fourth-order valence-corrected chi connectivity index (χ4v) is 1.20. The summed E-state index contributed by atoms with van der Waals surface area (Å²) < 4.78 is 28.4. The molecule has 1 unspecified atom stereocenters. The van der Waals surface area contributed by atoms with Crippen molar-refractivity contribution < 1.29 is 13.5 Å². The second-order valence-electron chi connectivity index (χ2n) is 2.93. The molecule has 1 aromatic rings. The second kappa shape index (κ2) is 4.91. The van der Waals surface area contributed by atoms with Crippen LogP contribution in [0.3, 0.4) is 0 Å². The van der Waals surface area contributed by atoms with Crippen LogP contribution in [0.25, 0.3) is 0 Å². The van der Waals surface area contributed by atoms with Crippen molar-refractivity contribution >= 4 is 0 Å². The van der Waals surface area contributed by atoms with E-state index in [9.17, 15) is 8.78 Å². The van der Waals surface area contributed by atoms with Crippen LogP contribution in [0, 0.1) is 0 Å². The minimum absolute atomic E-state index is 0.00931. The number of hydrogen-bond donors (Lipinski definition) is 1. The van der Waals surface area contributed by atoms with Crippen LogP contribution in [0.1, 0.15) is 18.5 Å². The molecule has 0 fully saturated rings. The monoisotopic (exact) mass is 201 g/mol. The molecule has 1 aromatic carbocycles. The summed E-state index contributed by atoms with van der Waals surface area (Å²) in [6.07, 6.45) is 0. The number of nitrogens with one attached hydrogen (secondary N) is 1. The predicted octanol–water partition coefficient (Wildman–Crippen LogP) is 2.57. The maximum absolute atomic E-state index is 12.0. The molecule has 4 heteroatoms. The van der Waals surface area contributed by atoms with Gasteiger partial charge in [0.25, 0.3) is 0 Å². The van der Waals surface area contributed by atoms with Crippen molar-refractivity contribution in [3.05, 3.63) is 29.8 Å². The van der Waals surface area contributed by atoms with Gasteiger partial charge in [0.15, 0.2) is 0 Å². The van der Waals surface area contributed by atoms with E-state index in [1.54, 1.807) is 25.2 Å². The largest absolute Gasteiger partial charge is 0.434 e. The molecule has 14 heavy (non-hydrogen) atoms. The first-order chi connectivity index (χ1) is 6.65. The SMILES string of the molecule is CNC(C)c1ccccc1OC(F)F. The minimum atomic E-state index is -2.78. The van der Waals surface area contributed by atoms with E-state index in [1.807, 2.05) is 6.92 Å². The molecule has 2 nitrogen and oxygen atoms in total. The molecule has 0 heterocycles. The number of para-hydroxylation sites is 1. The lowest BCUT2D eigenvalue weighted by Gasteiger charge is -2.15. The lowest BCUT2D eigenvalue weighted by atomic mass is 10.1. The van der Waals surface area contributed by atoms with E-state index in [0.717, 1.165) is 5.56 Å². The summed E-state index contributed by atoms with van der Waals surface area (Å²) in [5.41, 5.74) is 0.732. The van der Waals surface area contributed by atoms with Gasteiger partial charge in [-0.05, 0) is 20.0 Å². The van der Waals surface area contributed by atoms with E-state index in [0.29, 0.717) is 0 Å². The van der Waals surface area contributed by atoms with E-state index in [-0.39, 0.29) is 11.8 Å². The average Bonchev–Trinajstić information content (AvgIpc) is 2.16. The Morgan fingerprint density at radius 3 is 2.50 bits per heavy atom. The van der Waals surface area contributed by atoms with E-state index >= 15 is 0 Å². The molecule has 0 aliphatic carbocycles. The van der Waals surface area contributed by atoms with Crippen LogP contribution in [0.4, 0.5) is 8.78 Å². The predicted molar refractivity (Wildman–Crippen MR) is 50.5 cm³/mol. The Balaban J connectivity index is 2.91. The molecule has 0 aliphatic rings. The van der Waals surface area contributed by atoms with Gasteiger partial charge in [-0.25, -0.2) is 0 Å². The van der Waals surface area contributed by atoms with Gasteiger partial charge in [-0.2, -0.15) is 8.78 Å². The van der Waals surface area contributed by atoms with E-state index in [2.05, 4.69) is 10.1 Å². The normalized spacial score (nSPS) is 12.9. The third kappa shape index (κ3) is 2.67. The molecule has 0 amide bonds. The third-order valence-electron chi connectivity index (χ3n) is 2.03. The summed E-state index contributed by atoms with van der Waals surface area (Å²) >= 11 is 0. The molecule has 0 saturated carbocycles. The van der Waals surface area contributed by atoms with E-state index in [4.69, 9.17) is 0 Å². The summed E-state index contributed by atoms with van der Waals surface area (Å²) in [4.78, 5) is 0. The number of halogens is 2. The highest BCUT2D eigenvalue weighted by atomic mass is 19.3. The highest BCUT2D eigenvalue weighted by Gasteiger charge is 2.12. The van der Waals surface area contributed by atoms with Crippen molar-refractivity contribution in [3.63, 3.8) is 0 Å². The number of alkyl halides is 2. The first-order valence-corrected chi connectivity index (χ1v) is 4.36. The van der Waals surface area contributed by atoms with Crippen molar-refractivity contribution in [2.45, 2.75) is 19.6 Å². The van der Waals surface area contributed by atoms with Gasteiger partial charge in [0.1, 0.15) is 5.75 Å². The maximum Gasteiger partial charge on any atom is 0.387 e. The zero-order chi connectivity index (χ0) is 10.6. The van der Waals surface area contributed by atoms with Gasteiger partial charge in [0, 0.05) is 11.6 Å². The third-order valence-corrected chi connectivity index (χ3v) is 2.03. The van der Waals surface area contributed by atoms with Gasteiger partial charge < -0.3 is 10.1 Å². The van der Waals surface area contributed by atoms with Gasteiger partial charge in [-0.15, -0.1) is 0 Å². The maximum atomic E-state index is 12.0. The van der Waals surface area contributed by atoms with Gasteiger partial charge >= 0.3 is 6.61 Å². The summed E-state index contributed by atoms with van der Waals surface area (Å²) in [6, 6.07) is 6.75. The van der Waals surface area contributed by atoms with Crippen molar-refractivity contribution in [2.75, 3.05) is 7.05 Å². The molecule has 0 aromatic heterocycles. The number of ether oxygens (including phenoxy) is 1. The van der Waals surface area contributed by atoms with Crippen LogP contribution in [0.5, 0.6) is 5.75 Å². The lowest BCUT2D eigenvalue weighted by Crippen LogP contribution is -2.14. The zero-order valence-electron chi connectivity index (χ0n) is 8.13. The number of benzene rings is 1. The molecule has 0 radical (unpaired) electrons. The molecule has 0 bridgehead atoms. The fourth-order valence-electron chi connectivity index (χ4n) is 1.20. The lowest BCUT2D eigenvalue weighted by molar-refractivity contribution is -0.0506. The van der Waals surface area contributed by atoms with Crippen LogP contribution in [-0.4, -0.2) is 13.7 Å². The van der Waals surface area contributed by atoms with Crippen molar-refractivity contribution in [1.29, 1.82) is 0 Å². The molecular weight excluding hydrogens is 188 g/mol. The Bertz CT molecular complexity index is 291. The van der Waals surface area contributed by atoms with Crippen LogP contribution >= 0.6 is 0 Å². The molecule has 1 N–H and O–H groups in total. The summed E-state index contributed by atoms with van der Waals surface area (Å²) in [5.74, 6) is 0.226. The Morgan fingerprint density at radius 2 is 1.93 bits per heavy atom. The standard InChI is InChI=1S/C10H13F2NO/c1-7(13-2)8-5-3-4-6-9(8)14-10(11)12/h3-7,10,13H,1-2H3. The second-order valence-corrected chi connectivity index (χ2v) is 2.93. The summed E-state index contributed by atoms with van der Waals surface area (Å²) in [7, 11) is 1.77. The minimum Gasteiger partial charge on any atom is -0.434 e. The van der Waals surface area contributed by atoms with Crippen molar-refractivity contribution in [2.24, 2.45) is 0 Å². The Morgan fingerprint density at radius 1 is 1.29 bits per heavy atom. The molecule has 1 atom stereocenters. The first-order valence-electron chi connectivity index (χ1n) is 4.36. The molecule has 0 aliphatic heterocycles. The van der Waals surface area contributed by atoms with Crippen LogP contribution in [0.2, 0.25) is 0 Å². The summed E-state index contributed by atoms with van der Waals surface area (Å²) in [6.45, 7) is -0.895. The Hall–Kier alpha value is -1.16. The number of rotatable bonds is 4. The van der Waals surface area contributed by atoms with Crippen molar-refractivity contribution in [1.82, 2.24) is 5.32 Å². The van der Waals surface area contributed by atoms with Crippen LogP contribution < -0.4 is 10.1 Å². The van der Waals surface area contributed by atoms with E-state index in [1.165, 1.54) is 6.07 Å². The zero-order valence-corrected chi connectivity index (χ0v) is 8.13. The molecule has 0 spiro atoms. The Kier molecular flexibility index (Phi) is 3.83. The smallest absolute Gasteiger partial charge is 0.387 e. The van der Waals surface area contributed by atoms with Gasteiger partial charge in [-0.3, -0.25) is 0 Å². The van der Waals surface area contributed by atoms with Gasteiger partial charge in [0.05, 0.1) is 0 Å². The molecular formula is C10H13F2NO. The number of hydrogen-bond acceptors (Lipinski definition) is 2. The van der Waals surface area contributed by atoms with Gasteiger partial charge in [-0.1, -0.05) is 18.2 Å². The molecule has 0 saturated heterocycles. The average molecular weight is 201 g/mol. The van der Waals surface area contributed by atoms with E-state index < -0.39 is 6.61 Å². The Labute approximate surface area is 81.9 Å². The topological polar surface area (TPSA) is 21.3 Å².